The average molecular weight is 310 g/mol. The van der Waals surface area contributed by atoms with Crippen molar-refractivity contribution in [2.75, 3.05) is 11.9 Å². The summed E-state index contributed by atoms with van der Waals surface area (Å²) < 4.78 is 0. The molecular weight excluding hydrogens is 288 g/mol. The SMILES string of the molecule is O=C(Nc1ccsc1)C(=O)NC(CCO)C1CCCCC1. The number of carbonyl (C=O) groups is 2. The van der Waals surface area contributed by atoms with Gasteiger partial charge in [-0.15, -0.1) is 0 Å². The first-order valence-electron chi connectivity index (χ1n) is 7.45. The largest absolute Gasteiger partial charge is 0.396 e. The summed E-state index contributed by atoms with van der Waals surface area (Å²) in [4.78, 5) is 23.8. The molecule has 21 heavy (non-hydrogen) atoms. The van der Waals surface area contributed by atoms with Gasteiger partial charge in [0.1, 0.15) is 0 Å². The zero-order valence-corrected chi connectivity index (χ0v) is 12.8. The van der Waals surface area contributed by atoms with Gasteiger partial charge in [-0.1, -0.05) is 19.3 Å². The van der Waals surface area contributed by atoms with Crippen LogP contribution in [0, 0.1) is 5.92 Å². The quantitative estimate of drug-likeness (QED) is 0.729. The molecule has 5 nitrogen and oxygen atoms in total. The van der Waals surface area contributed by atoms with Crippen LogP contribution in [0.15, 0.2) is 16.8 Å². The third-order valence-electron chi connectivity index (χ3n) is 3.96. The maximum absolute atomic E-state index is 12.0. The fourth-order valence-electron chi connectivity index (χ4n) is 2.86. The summed E-state index contributed by atoms with van der Waals surface area (Å²) in [6.45, 7) is 0.0214. The van der Waals surface area contributed by atoms with Gasteiger partial charge >= 0.3 is 11.8 Å². The molecule has 1 aliphatic rings. The van der Waals surface area contributed by atoms with Crippen molar-refractivity contribution in [3.05, 3.63) is 16.8 Å². The Bertz CT molecular complexity index is 455. The summed E-state index contributed by atoms with van der Waals surface area (Å²) in [6, 6.07) is 1.64. The van der Waals surface area contributed by atoms with Crippen LogP contribution >= 0.6 is 11.3 Å². The lowest BCUT2D eigenvalue weighted by atomic mass is 9.82. The Morgan fingerprint density at radius 1 is 1.29 bits per heavy atom. The van der Waals surface area contributed by atoms with Crippen LogP contribution in [-0.4, -0.2) is 29.6 Å². The molecule has 2 rings (SSSR count). The van der Waals surface area contributed by atoms with Crippen LogP contribution < -0.4 is 10.6 Å². The first-order chi connectivity index (χ1) is 10.2. The zero-order chi connectivity index (χ0) is 15.1. The maximum atomic E-state index is 12.0. The van der Waals surface area contributed by atoms with E-state index in [1.807, 2.05) is 5.38 Å². The van der Waals surface area contributed by atoms with Crippen molar-refractivity contribution in [3.63, 3.8) is 0 Å². The number of hydrogen-bond donors (Lipinski definition) is 3. The lowest BCUT2D eigenvalue weighted by molar-refractivity contribution is -0.137. The van der Waals surface area contributed by atoms with E-state index in [0.717, 1.165) is 25.7 Å². The molecule has 6 heteroatoms. The molecule has 0 bridgehead atoms. The molecular formula is C15H22N2O3S. The van der Waals surface area contributed by atoms with Crippen molar-refractivity contribution in [3.8, 4) is 0 Å². The first-order valence-corrected chi connectivity index (χ1v) is 8.40. The number of hydrogen-bond acceptors (Lipinski definition) is 4. The Labute approximate surface area is 128 Å². The van der Waals surface area contributed by atoms with Crippen molar-refractivity contribution >= 4 is 28.8 Å². The van der Waals surface area contributed by atoms with Crippen LogP contribution in [0.4, 0.5) is 5.69 Å². The zero-order valence-electron chi connectivity index (χ0n) is 12.0. The molecule has 0 saturated heterocycles. The summed E-state index contributed by atoms with van der Waals surface area (Å²) in [5.74, 6) is -0.902. The van der Waals surface area contributed by atoms with Gasteiger partial charge in [0.2, 0.25) is 0 Å². The highest BCUT2D eigenvalue weighted by atomic mass is 32.1. The van der Waals surface area contributed by atoms with Crippen LogP contribution in [0.3, 0.4) is 0 Å². The van der Waals surface area contributed by atoms with Crippen LogP contribution in [0.25, 0.3) is 0 Å². The number of aliphatic hydroxyl groups is 1. The summed E-state index contributed by atoms with van der Waals surface area (Å²) in [7, 11) is 0. The fraction of sp³-hybridized carbons (Fsp3) is 0.600. The van der Waals surface area contributed by atoms with Crippen LogP contribution in [0.5, 0.6) is 0 Å². The van der Waals surface area contributed by atoms with E-state index in [1.54, 1.807) is 11.4 Å². The van der Waals surface area contributed by atoms with Crippen molar-refractivity contribution in [2.45, 2.75) is 44.6 Å². The fourth-order valence-corrected chi connectivity index (χ4v) is 3.45. The number of aliphatic hydroxyl groups excluding tert-OH is 1. The van der Waals surface area contributed by atoms with Gasteiger partial charge < -0.3 is 15.7 Å². The molecule has 1 saturated carbocycles. The molecule has 2 amide bonds. The third kappa shape index (κ3) is 4.82. The molecule has 1 atom stereocenters. The van der Waals surface area contributed by atoms with Crippen molar-refractivity contribution in [1.82, 2.24) is 5.32 Å². The maximum Gasteiger partial charge on any atom is 0.313 e. The molecule has 3 N–H and O–H groups in total. The summed E-state index contributed by atoms with van der Waals surface area (Å²) >= 11 is 1.46. The molecule has 1 unspecified atom stereocenters. The van der Waals surface area contributed by atoms with Gasteiger partial charge in [0.05, 0.1) is 5.69 Å². The predicted molar refractivity (Wildman–Crippen MR) is 83.2 cm³/mol. The van der Waals surface area contributed by atoms with Crippen LogP contribution in [-0.2, 0) is 9.59 Å². The highest BCUT2D eigenvalue weighted by Gasteiger charge is 2.26. The van der Waals surface area contributed by atoms with Gasteiger partial charge in [0.15, 0.2) is 0 Å². The molecule has 1 aromatic rings. The van der Waals surface area contributed by atoms with Gasteiger partial charge in [-0.3, -0.25) is 9.59 Å². The topological polar surface area (TPSA) is 78.4 Å². The Kier molecular flexibility index (Phi) is 6.20. The summed E-state index contributed by atoms with van der Waals surface area (Å²) in [6.07, 6.45) is 6.15. The van der Waals surface area contributed by atoms with E-state index in [2.05, 4.69) is 10.6 Å². The molecule has 1 aromatic heterocycles. The van der Waals surface area contributed by atoms with Gasteiger partial charge in [-0.2, -0.15) is 11.3 Å². The first kappa shape index (κ1) is 16.0. The van der Waals surface area contributed by atoms with Crippen LogP contribution in [0.2, 0.25) is 0 Å². The predicted octanol–water partition coefficient (Wildman–Crippen LogP) is 2.13. The van der Waals surface area contributed by atoms with Crippen molar-refractivity contribution in [1.29, 1.82) is 0 Å². The highest BCUT2D eigenvalue weighted by Crippen LogP contribution is 2.27. The van der Waals surface area contributed by atoms with E-state index in [-0.39, 0.29) is 12.6 Å². The van der Waals surface area contributed by atoms with E-state index < -0.39 is 11.8 Å². The lowest BCUT2D eigenvalue weighted by Crippen LogP contribution is -2.46. The Balaban J connectivity index is 1.89. The monoisotopic (exact) mass is 310 g/mol. The highest BCUT2D eigenvalue weighted by molar-refractivity contribution is 7.08. The molecule has 116 valence electrons. The second kappa shape index (κ2) is 8.14. The second-order valence-electron chi connectivity index (χ2n) is 5.46. The molecule has 1 aliphatic carbocycles. The van der Waals surface area contributed by atoms with Gasteiger partial charge in [0.25, 0.3) is 0 Å². The summed E-state index contributed by atoms with van der Waals surface area (Å²) in [5.41, 5.74) is 0.636. The Hall–Kier alpha value is -1.40. The van der Waals surface area contributed by atoms with Gasteiger partial charge in [-0.05, 0) is 36.6 Å². The standard InChI is InChI=1S/C15H22N2O3S/c18-8-6-13(11-4-2-1-3-5-11)17-15(20)14(19)16-12-7-9-21-10-12/h7,9-11,13,18H,1-6,8H2,(H,16,19)(H,17,20). The second-order valence-corrected chi connectivity index (χ2v) is 6.24. The van der Waals surface area contributed by atoms with E-state index in [4.69, 9.17) is 0 Å². The van der Waals surface area contributed by atoms with E-state index >= 15 is 0 Å². The summed E-state index contributed by atoms with van der Waals surface area (Å²) in [5, 5.41) is 18.1. The number of amides is 2. The molecule has 0 aromatic carbocycles. The normalized spacial score (nSPS) is 17.2. The lowest BCUT2D eigenvalue weighted by Gasteiger charge is -2.30. The average Bonchev–Trinajstić information content (AvgIpc) is 3.00. The van der Waals surface area contributed by atoms with Gasteiger partial charge in [-0.25, -0.2) is 0 Å². The van der Waals surface area contributed by atoms with E-state index in [0.29, 0.717) is 18.0 Å². The van der Waals surface area contributed by atoms with E-state index in [1.165, 1.54) is 17.8 Å². The van der Waals surface area contributed by atoms with Gasteiger partial charge in [0, 0.05) is 18.0 Å². The van der Waals surface area contributed by atoms with Crippen molar-refractivity contribution < 1.29 is 14.7 Å². The van der Waals surface area contributed by atoms with Crippen molar-refractivity contribution in [2.24, 2.45) is 5.92 Å². The van der Waals surface area contributed by atoms with Crippen LogP contribution in [0.1, 0.15) is 38.5 Å². The third-order valence-corrected chi connectivity index (χ3v) is 4.64. The number of thiophene rings is 1. The molecule has 0 radical (unpaired) electrons. The Morgan fingerprint density at radius 3 is 2.67 bits per heavy atom. The molecule has 0 spiro atoms. The number of anilines is 1. The smallest absolute Gasteiger partial charge is 0.313 e. The Morgan fingerprint density at radius 2 is 2.05 bits per heavy atom. The minimum atomic E-state index is -0.646. The molecule has 1 heterocycles. The van der Waals surface area contributed by atoms with E-state index in [9.17, 15) is 14.7 Å². The molecule has 0 aliphatic heterocycles. The number of carbonyl (C=O) groups excluding carboxylic acids is 2. The molecule has 1 fully saturated rings. The number of rotatable bonds is 5. The minimum absolute atomic E-state index is 0.0214. The number of nitrogens with one attached hydrogen (secondary N) is 2. The minimum Gasteiger partial charge on any atom is -0.396 e.